The number of alkyl halides is 3. The van der Waals surface area contributed by atoms with E-state index in [1.807, 2.05) is 37.4 Å². The lowest BCUT2D eigenvalue weighted by molar-refractivity contribution is -0.143. The molecule has 0 bridgehead atoms. The Kier molecular flexibility index (Phi) is 8.27. The van der Waals surface area contributed by atoms with Gasteiger partial charge in [0.15, 0.2) is 0 Å². The van der Waals surface area contributed by atoms with E-state index in [1.165, 1.54) is 4.90 Å². The Hall–Kier alpha value is -3.64. The highest BCUT2D eigenvalue weighted by Gasteiger charge is 2.36. The van der Waals surface area contributed by atoms with Crippen LogP contribution in [-0.2, 0) is 11.3 Å². The summed E-state index contributed by atoms with van der Waals surface area (Å²) in [5.41, 5.74) is 4.90. The molecule has 2 aromatic heterocycles. The molecule has 1 atom stereocenters. The van der Waals surface area contributed by atoms with E-state index in [1.54, 1.807) is 16.9 Å². The maximum Gasteiger partial charge on any atom is 0.389 e. The van der Waals surface area contributed by atoms with Crippen molar-refractivity contribution in [2.45, 2.75) is 32.5 Å². The van der Waals surface area contributed by atoms with Crippen molar-refractivity contribution >= 4 is 17.5 Å². The second-order valence-electron chi connectivity index (χ2n) is 10.3. The molecule has 2 aliphatic rings. The minimum Gasteiger partial charge on any atom is -0.394 e. The van der Waals surface area contributed by atoms with Gasteiger partial charge in [0.25, 0.3) is 0 Å². The number of urea groups is 1. The number of aryl methyl sites for hydroxylation is 1. The fourth-order valence-electron chi connectivity index (χ4n) is 5.22. The van der Waals surface area contributed by atoms with Crippen molar-refractivity contribution in [2.24, 2.45) is 5.92 Å². The van der Waals surface area contributed by atoms with Gasteiger partial charge < -0.3 is 25.0 Å². The predicted molar refractivity (Wildman–Crippen MR) is 145 cm³/mol. The van der Waals surface area contributed by atoms with Crippen LogP contribution in [0.5, 0.6) is 0 Å². The minimum absolute atomic E-state index is 0.0221. The molecule has 0 saturated carbocycles. The summed E-state index contributed by atoms with van der Waals surface area (Å²) in [5.74, 6) is 0.224. The molecule has 40 heavy (non-hydrogen) atoms. The van der Waals surface area contributed by atoms with Gasteiger partial charge in [-0.1, -0.05) is 6.07 Å². The zero-order chi connectivity index (χ0) is 28.3. The fourth-order valence-corrected chi connectivity index (χ4v) is 5.22. The number of likely N-dealkylation sites (tertiary alicyclic amines) is 1. The summed E-state index contributed by atoms with van der Waals surface area (Å²) in [5, 5.41) is 16.5. The third kappa shape index (κ3) is 6.73. The highest BCUT2D eigenvalue weighted by atomic mass is 19.4. The second-order valence-corrected chi connectivity index (χ2v) is 10.3. The maximum absolute atomic E-state index is 12.9. The number of carbonyl (C=O) groups excluding carboxylic acids is 1. The molecule has 2 N–H and O–H groups in total. The van der Waals surface area contributed by atoms with Crippen molar-refractivity contribution in [1.82, 2.24) is 19.7 Å². The average Bonchev–Trinajstić information content (AvgIpc) is 3.59. The smallest absolute Gasteiger partial charge is 0.389 e. The normalized spacial score (nSPS) is 17.9. The number of anilines is 2. The summed E-state index contributed by atoms with van der Waals surface area (Å²) >= 11 is 0. The topological polar surface area (TPSA) is 95.8 Å². The average molecular weight is 559 g/mol. The Morgan fingerprint density at radius 1 is 1.15 bits per heavy atom. The zero-order valence-electron chi connectivity index (χ0n) is 22.3. The van der Waals surface area contributed by atoms with E-state index in [0.717, 1.165) is 33.8 Å². The molecule has 0 radical (unpaired) electrons. The second kappa shape index (κ2) is 11.8. The van der Waals surface area contributed by atoms with Gasteiger partial charge in [0.05, 0.1) is 38.3 Å². The summed E-state index contributed by atoms with van der Waals surface area (Å²) < 4.78 is 45.6. The van der Waals surface area contributed by atoms with E-state index in [0.29, 0.717) is 51.5 Å². The number of morpholine rings is 1. The largest absolute Gasteiger partial charge is 0.394 e. The van der Waals surface area contributed by atoms with Crippen LogP contribution < -0.4 is 10.2 Å². The lowest BCUT2D eigenvalue weighted by atomic mass is 9.98. The molecule has 4 heterocycles. The number of pyridine rings is 1. The minimum atomic E-state index is -4.23. The number of aliphatic hydroxyl groups is 1. The van der Waals surface area contributed by atoms with Crippen molar-refractivity contribution in [3.05, 3.63) is 48.3 Å². The Morgan fingerprint density at radius 2 is 1.95 bits per heavy atom. The Morgan fingerprint density at radius 3 is 2.70 bits per heavy atom. The van der Waals surface area contributed by atoms with Crippen LogP contribution >= 0.6 is 0 Å². The van der Waals surface area contributed by atoms with Gasteiger partial charge in [0, 0.05) is 50.0 Å². The van der Waals surface area contributed by atoms with Crippen LogP contribution in [0.3, 0.4) is 0 Å². The van der Waals surface area contributed by atoms with Crippen LogP contribution in [0.15, 0.2) is 42.7 Å². The van der Waals surface area contributed by atoms with E-state index in [9.17, 15) is 23.1 Å². The summed E-state index contributed by atoms with van der Waals surface area (Å²) in [7, 11) is 0. The predicted octanol–water partition coefficient (Wildman–Crippen LogP) is 4.56. The Balaban J connectivity index is 1.41. The molecule has 12 heteroatoms. The number of nitrogens with one attached hydrogen (secondary N) is 1. The summed E-state index contributed by atoms with van der Waals surface area (Å²) in [4.78, 5) is 21.4. The molecule has 9 nitrogen and oxygen atoms in total. The molecule has 0 unspecified atom stereocenters. The van der Waals surface area contributed by atoms with Gasteiger partial charge in [-0.2, -0.15) is 18.3 Å². The number of halogens is 3. The standard InChI is InChI=1S/C28H33F3N6O3/c1-19-2-3-23(33-27(39)36-5-4-20(17-36)15-28(29,30)31)14-24(19)21-12-25(22-16-32-37(18-22)6-9-38)34-26(13-21)35-7-10-40-11-8-35/h2-3,12-14,16,18,20,38H,4-11,15,17H2,1H3,(H,33,39)/t20-/m0/s1. The fraction of sp³-hybridized carbons (Fsp3) is 0.464. The van der Waals surface area contributed by atoms with Gasteiger partial charge in [-0.05, 0) is 60.2 Å². The highest BCUT2D eigenvalue weighted by Crippen LogP contribution is 2.34. The number of carbonyl (C=O) groups is 1. The van der Waals surface area contributed by atoms with Crippen LogP contribution in [0.4, 0.5) is 29.5 Å². The van der Waals surface area contributed by atoms with Crippen LogP contribution in [0.25, 0.3) is 22.4 Å². The third-order valence-corrected chi connectivity index (χ3v) is 7.30. The number of aromatic nitrogens is 3. The molecule has 5 rings (SSSR count). The van der Waals surface area contributed by atoms with Crippen LogP contribution in [-0.4, -0.2) is 83.0 Å². The van der Waals surface area contributed by atoms with Gasteiger partial charge in [0.2, 0.25) is 0 Å². The van der Waals surface area contributed by atoms with Gasteiger partial charge in [-0.15, -0.1) is 0 Å². The number of benzene rings is 1. The first-order chi connectivity index (χ1) is 19.2. The molecular formula is C28H33F3N6O3. The third-order valence-electron chi connectivity index (χ3n) is 7.30. The quantitative estimate of drug-likeness (QED) is 0.442. The summed E-state index contributed by atoms with van der Waals surface area (Å²) in [6.45, 7) is 5.36. The molecule has 214 valence electrons. The molecule has 2 amide bonds. The molecule has 2 aliphatic heterocycles. The molecule has 2 fully saturated rings. The number of ether oxygens (including phenoxy) is 1. The molecule has 0 aliphatic carbocycles. The van der Waals surface area contributed by atoms with Crippen LogP contribution in [0.2, 0.25) is 0 Å². The van der Waals surface area contributed by atoms with E-state index in [-0.39, 0.29) is 13.2 Å². The summed E-state index contributed by atoms with van der Waals surface area (Å²) in [6.07, 6.45) is -1.21. The SMILES string of the molecule is Cc1ccc(NC(=O)N2CC[C@@H](CC(F)(F)F)C2)cc1-c1cc(-c2cnn(CCO)c2)nc(N2CCOCC2)c1. The number of nitrogens with zero attached hydrogens (tertiary/aromatic N) is 5. The zero-order valence-corrected chi connectivity index (χ0v) is 22.3. The number of hydrogen-bond acceptors (Lipinski definition) is 6. The summed E-state index contributed by atoms with van der Waals surface area (Å²) in [6, 6.07) is 9.18. The lowest BCUT2D eigenvalue weighted by Crippen LogP contribution is -2.36. The van der Waals surface area contributed by atoms with Gasteiger partial charge in [-0.3, -0.25) is 4.68 Å². The molecule has 0 spiro atoms. The van der Waals surface area contributed by atoms with Crippen molar-refractivity contribution in [1.29, 1.82) is 0 Å². The molecule has 3 aromatic rings. The first-order valence-electron chi connectivity index (χ1n) is 13.4. The van der Waals surface area contributed by atoms with Crippen molar-refractivity contribution in [3.63, 3.8) is 0 Å². The molecular weight excluding hydrogens is 525 g/mol. The van der Waals surface area contributed by atoms with E-state index in [4.69, 9.17) is 9.72 Å². The Labute approximate surface area is 230 Å². The van der Waals surface area contributed by atoms with E-state index in [2.05, 4.69) is 15.3 Å². The highest BCUT2D eigenvalue weighted by molar-refractivity contribution is 5.91. The van der Waals surface area contributed by atoms with Crippen molar-refractivity contribution in [2.75, 3.05) is 56.2 Å². The number of aliphatic hydroxyl groups excluding tert-OH is 1. The van der Waals surface area contributed by atoms with Crippen LogP contribution in [0.1, 0.15) is 18.4 Å². The van der Waals surface area contributed by atoms with Gasteiger partial charge in [-0.25, -0.2) is 9.78 Å². The molecule has 1 aromatic carbocycles. The van der Waals surface area contributed by atoms with Crippen molar-refractivity contribution in [3.8, 4) is 22.4 Å². The van der Waals surface area contributed by atoms with Crippen molar-refractivity contribution < 1.29 is 27.8 Å². The number of hydrogen-bond donors (Lipinski definition) is 2. The Bertz CT molecular complexity index is 1340. The van der Waals surface area contributed by atoms with Crippen LogP contribution in [0, 0.1) is 12.8 Å². The van der Waals surface area contributed by atoms with E-state index >= 15 is 0 Å². The van der Waals surface area contributed by atoms with Gasteiger partial charge >= 0.3 is 12.2 Å². The van der Waals surface area contributed by atoms with E-state index < -0.39 is 24.5 Å². The number of amides is 2. The first-order valence-corrected chi connectivity index (χ1v) is 13.4. The maximum atomic E-state index is 12.9. The molecule has 2 saturated heterocycles. The number of rotatable bonds is 7. The first kappa shape index (κ1) is 27.9. The van der Waals surface area contributed by atoms with Gasteiger partial charge in [0.1, 0.15) is 5.82 Å². The lowest BCUT2D eigenvalue weighted by Gasteiger charge is -2.28. The monoisotopic (exact) mass is 558 g/mol.